The number of pyridine rings is 1. The van der Waals surface area contributed by atoms with Crippen molar-refractivity contribution < 1.29 is 9.59 Å². The molecule has 0 aromatic carbocycles. The average molecular weight is 216 g/mol. The van der Waals surface area contributed by atoms with Gasteiger partial charge in [-0.05, 0) is 19.1 Å². The molecule has 4 nitrogen and oxygen atoms in total. The Morgan fingerprint density at radius 3 is 2.88 bits per heavy atom. The van der Waals surface area contributed by atoms with Gasteiger partial charge in [-0.2, -0.15) is 0 Å². The van der Waals surface area contributed by atoms with Gasteiger partial charge in [-0.25, -0.2) is 4.98 Å². The molecule has 0 radical (unpaired) electrons. The van der Waals surface area contributed by atoms with Crippen molar-refractivity contribution in [2.45, 2.75) is 20.3 Å². The number of carbonyl (C=O) groups is 2. The first kappa shape index (κ1) is 11.9. The van der Waals surface area contributed by atoms with Crippen molar-refractivity contribution in [1.82, 2.24) is 4.98 Å². The summed E-state index contributed by atoms with van der Waals surface area (Å²) in [5, 5.41) is 2.59. The molecule has 0 saturated heterocycles. The Kier molecular flexibility index (Phi) is 4.22. The van der Waals surface area contributed by atoms with Crippen molar-refractivity contribution in [2.24, 2.45) is 0 Å². The van der Waals surface area contributed by atoms with Gasteiger partial charge in [-0.3, -0.25) is 4.79 Å². The molecule has 0 saturated carbocycles. The maximum Gasteiger partial charge on any atom is 0.222 e. The molecular formula is C12H12N2O2. The molecule has 1 aromatic heterocycles. The van der Waals surface area contributed by atoms with Crippen LogP contribution in [0, 0.1) is 18.8 Å². The van der Waals surface area contributed by atoms with Crippen LogP contribution in [0.1, 0.15) is 24.6 Å². The van der Waals surface area contributed by atoms with Gasteiger partial charge in [0.05, 0.1) is 12.1 Å². The lowest BCUT2D eigenvalue weighted by molar-refractivity contribution is -0.114. The standard InChI is InChI=1S/C12H12N2O2/c1-9-11(5-3-4-8-15)6-7-12(13-9)14-10(2)16/h6-8H,4H2,1-2H3,(H,13,14,16). The quantitative estimate of drug-likeness (QED) is 0.598. The number of rotatable bonds is 2. The van der Waals surface area contributed by atoms with Crippen LogP contribution in [0.5, 0.6) is 0 Å². The van der Waals surface area contributed by atoms with E-state index in [1.54, 1.807) is 19.1 Å². The minimum Gasteiger partial charge on any atom is -0.311 e. The van der Waals surface area contributed by atoms with Crippen LogP contribution in [0.15, 0.2) is 12.1 Å². The maximum atomic E-state index is 10.8. The van der Waals surface area contributed by atoms with Crippen molar-refractivity contribution in [3.63, 3.8) is 0 Å². The van der Waals surface area contributed by atoms with E-state index in [1.165, 1.54) is 6.92 Å². The molecule has 0 aliphatic carbocycles. The lowest BCUT2D eigenvalue weighted by Gasteiger charge is -2.03. The minimum atomic E-state index is -0.160. The van der Waals surface area contributed by atoms with Gasteiger partial charge >= 0.3 is 0 Å². The molecule has 0 spiro atoms. The molecule has 16 heavy (non-hydrogen) atoms. The molecule has 1 heterocycles. The second-order valence-corrected chi connectivity index (χ2v) is 3.18. The van der Waals surface area contributed by atoms with Gasteiger partial charge in [-0.1, -0.05) is 11.8 Å². The third kappa shape index (κ3) is 3.54. The monoisotopic (exact) mass is 216 g/mol. The largest absolute Gasteiger partial charge is 0.311 e. The van der Waals surface area contributed by atoms with Gasteiger partial charge in [0.15, 0.2) is 0 Å². The predicted molar refractivity (Wildman–Crippen MR) is 60.8 cm³/mol. The Morgan fingerprint density at radius 1 is 1.56 bits per heavy atom. The molecule has 0 aliphatic heterocycles. The number of nitrogens with zero attached hydrogens (tertiary/aromatic N) is 1. The molecule has 0 aliphatic rings. The van der Waals surface area contributed by atoms with Gasteiger partial charge < -0.3 is 10.1 Å². The van der Waals surface area contributed by atoms with Gasteiger partial charge in [0.25, 0.3) is 0 Å². The SMILES string of the molecule is CC(=O)Nc1ccc(C#CCC=O)c(C)n1. The zero-order chi connectivity index (χ0) is 12.0. The summed E-state index contributed by atoms with van der Waals surface area (Å²) >= 11 is 0. The fourth-order valence-corrected chi connectivity index (χ4v) is 1.13. The van der Waals surface area contributed by atoms with E-state index in [-0.39, 0.29) is 12.3 Å². The lowest BCUT2D eigenvalue weighted by atomic mass is 10.2. The Balaban J connectivity index is 2.88. The number of amides is 1. The fourth-order valence-electron chi connectivity index (χ4n) is 1.13. The van der Waals surface area contributed by atoms with Crippen LogP contribution >= 0.6 is 0 Å². The third-order valence-electron chi connectivity index (χ3n) is 1.80. The van der Waals surface area contributed by atoms with Gasteiger partial charge in [0.1, 0.15) is 12.1 Å². The highest BCUT2D eigenvalue weighted by Gasteiger charge is 2.00. The van der Waals surface area contributed by atoms with E-state index in [0.717, 1.165) is 17.5 Å². The molecule has 0 unspecified atom stereocenters. The van der Waals surface area contributed by atoms with Crippen LogP contribution in [0.2, 0.25) is 0 Å². The number of hydrogen-bond donors (Lipinski definition) is 1. The highest BCUT2D eigenvalue weighted by molar-refractivity contribution is 5.87. The average Bonchev–Trinajstić information content (AvgIpc) is 2.20. The molecule has 1 amide bonds. The van der Waals surface area contributed by atoms with Crippen LogP contribution in [0.25, 0.3) is 0 Å². The second kappa shape index (κ2) is 5.66. The summed E-state index contributed by atoms with van der Waals surface area (Å²) in [6.07, 6.45) is 0.967. The first-order chi connectivity index (χ1) is 7.63. The number of aryl methyl sites for hydroxylation is 1. The molecule has 1 rings (SSSR count). The first-order valence-electron chi connectivity index (χ1n) is 4.81. The van der Waals surface area contributed by atoms with E-state index >= 15 is 0 Å². The zero-order valence-electron chi connectivity index (χ0n) is 9.20. The summed E-state index contributed by atoms with van der Waals surface area (Å²) in [6.45, 7) is 3.23. The summed E-state index contributed by atoms with van der Waals surface area (Å²) in [7, 11) is 0. The normalized spacial score (nSPS) is 8.88. The van der Waals surface area contributed by atoms with Crippen LogP contribution in [0.4, 0.5) is 5.82 Å². The molecular weight excluding hydrogens is 204 g/mol. The van der Waals surface area contributed by atoms with Crippen molar-refractivity contribution in [3.05, 3.63) is 23.4 Å². The van der Waals surface area contributed by atoms with E-state index in [2.05, 4.69) is 22.1 Å². The predicted octanol–water partition coefficient (Wildman–Crippen LogP) is 1.29. The number of anilines is 1. The summed E-state index contributed by atoms with van der Waals surface area (Å²) in [6, 6.07) is 3.45. The number of aldehydes is 1. The van der Waals surface area contributed by atoms with Crippen molar-refractivity contribution >= 4 is 18.0 Å². The zero-order valence-corrected chi connectivity index (χ0v) is 9.20. The fraction of sp³-hybridized carbons (Fsp3) is 0.250. The van der Waals surface area contributed by atoms with E-state index in [1.807, 2.05) is 0 Å². The molecule has 1 aromatic rings. The van der Waals surface area contributed by atoms with Crippen molar-refractivity contribution in [1.29, 1.82) is 0 Å². The van der Waals surface area contributed by atoms with E-state index in [0.29, 0.717) is 5.82 Å². The molecule has 4 heteroatoms. The van der Waals surface area contributed by atoms with Gasteiger partial charge in [-0.15, -0.1) is 0 Å². The number of carbonyl (C=O) groups excluding carboxylic acids is 2. The number of aromatic nitrogens is 1. The Labute approximate surface area is 94.1 Å². The number of hydrogen-bond acceptors (Lipinski definition) is 3. The van der Waals surface area contributed by atoms with Crippen LogP contribution in [-0.2, 0) is 9.59 Å². The second-order valence-electron chi connectivity index (χ2n) is 3.18. The van der Waals surface area contributed by atoms with Gasteiger partial charge in [0.2, 0.25) is 5.91 Å². The molecule has 0 bridgehead atoms. The van der Waals surface area contributed by atoms with E-state index < -0.39 is 0 Å². The highest BCUT2D eigenvalue weighted by atomic mass is 16.1. The maximum absolute atomic E-state index is 10.8. The Morgan fingerprint density at radius 2 is 2.31 bits per heavy atom. The molecule has 0 atom stereocenters. The third-order valence-corrected chi connectivity index (χ3v) is 1.80. The Hall–Kier alpha value is -2.15. The van der Waals surface area contributed by atoms with Gasteiger partial charge in [0, 0.05) is 12.5 Å². The minimum absolute atomic E-state index is 0.160. The highest BCUT2D eigenvalue weighted by Crippen LogP contribution is 2.09. The summed E-state index contributed by atoms with van der Waals surface area (Å²) in [5.74, 6) is 5.89. The molecule has 0 fully saturated rings. The first-order valence-corrected chi connectivity index (χ1v) is 4.81. The van der Waals surface area contributed by atoms with Crippen LogP contribution < -0.4 is 5.32 Å². The van der Waals surface area contributed by atoms with Crippen molar-refractivity contribution in [2.75, 3.05) is 5.32 Å². The molecule has 1 N–H and O–H groups in total. The lowest BCUT2D eigenvalue weighted by Crippen LogP contribution is -2.08. The van der Waals surface area contributed by atoms with Crippen LogP contribution in [0.3, 0.4) is 0 Å². The van der Waals surface area contributed by atoms with Crippen molar-refractivity contribution in [3.8, 4) is 11.8 Å². The smallest absolute Gasteiger partial charge is 0.222 e. The topological polar surface area (TPSA) is 59.1 Å². The summed E-state index contributed by atoms with van der Waals surface area (Å²) in [5.41, 5.74) is 1.49. The number of nitrogens with one attached hydrogen (secondary N) is 1. The Bertz CT molecular complexity index is 470. The molecule has 82 valence electrons. The summed E-state index contributed by atoms with van der Waals surface area (Å²) in [4.78, 5) is 25.1. The summed E-state index contributed by atoms with van der Waals surface area (Å²) < 4.78 is 0. The van der Waals surface area contributed by atoms with E-state index in [4.69, 9.17) is 0 Å². The van der Waals surface area contributed by atoms with Crippen LogP contribution in [-0.4, -0.2) is 17.2 Å². The van der Waals surface area contributed by atoms with E-state index in [9.17, 15) is 9.59 Å².